The number of hydrogen-bond donors (Lipinski definition) is 0. The quantitative estimate of drug-likeness (QED) is 0.144. The van der Waals surface area contributed by atoms with Gasteiger partial charge in [-0.15, -0.1) is 57.9 Å². The van der Waals surface area contributed by atoms with Gasteiger partial charge >= 0.3 is 28.2 Å². The van der Waals surface area contributed by atoms with Crippen LogP contribution >= 0.6 is 0 Å². The van der Waals surface area contributed by atoms with Crippen molar-refractivity contribution in [1.82, 2.24) is 0 Å². The first kappa shape index (κ1) is 22.0. The molecule has 0 spiro atoms. The molecule has 152 valence electrons. The van der Waals surface area contributed by atoms with Crippen molar-refractivity contribution in [2.24, 2.45) is 0 Å². The Labute approximate surface area is 204 Å². The van der Waals surface area contributed by atoms with E-state index in [2.05, 4.69) is 138 Å². The molecular formula is C31H24Hf. The monoisotopic (exact) mass is 576 g/mol. The van der Waals surface area contributed by atoms with Crippen LogP contribution in [0.1, 0.15) is 0 Å². The van der Waals surface area contributed by atoms with Gasteiger partial charge in [0.1, 0.15) is 0 Å². The van der Waals surface area contributed by atoms with Crippen molar-refractivity contribution in [1.29, 1.82) is 0 Å². The molecule has 0 aliphatic rings. The van der Waals surface area contributed by atoms with Crippen molar-refractivity contribution in [2.45, 2.75) is 0 Å². The zero-order valence-corrected chi connectivity index (χ0v) is 21.5. The van der Waals surface area contributed by atoms with Gasteiger partial charge in [-0.05, 0) is 11.1 Å². The zero-order chi connectivity index (χ0) is 22.2. The second-order valence-electron chi connectivity index (χ2n) is 7.40. The molecule has 0 saturated carbocycles. The van der Waals surface area contributed by atoms with E-state index in [0.29, 0.717) is 0 Å². The fraction of sp³-hybridized carbons (Fsp3) is 0. The van der Waals surface area contributed by atoms with E-state index in [1.54, 1.807) is 0 Å². The number of rotatable bonds is 2. The number of hydrogen-bond acceptors (Lipinski definition) is 0. The fourth-order valence-corrected chi connectivity index (χ4v) is 4.06. The van der Waals surface area contributed by atoms with E-state index in [4.69, 9.17) is 0 Å². The van der Waals surface area contributed by atoms with E-state index < -0.39 is 0 Å². The van der Waals surface area contributed by atoms with Crippen LogP contribution in [0.2, 0.25) is 0 Å². The third-order valence-electron chi connectivity index (χ3n) is 5.53. The molecule has 0 heterocycles. The van der Waals surface area contributed by atoms with Gasteiger partial charge in [0.2, 0.25) is 0 Å². The largest absolute Gasteiger partial charge is 0.168 e. The second kappa shape index (κ2) is 10.9. The minimum Gasteiger partial charge on any atom is -0.168 e. The summed E-state index contributed by atoms with van der Waals surface area (Å²) in [5.41, 5.74) is 5.21. The van der Waals surface area contributed by atoms with Crippen LogP contribution in [-0.4, -0.2) is 4.26 Å². The molecule has 0 unspecified atom stereocenters. The summed E-state index contributed by atoms with van der Waals surface area (Å²) in [7, 11) is 0. The maximum atomic E-state index is 3.39. The van der Waals surface area contributed by atoms with Gasteiger partial charge < -0.3 is 0 Å². The van der Waals surface area contributed by atoms with Crippen LogP contribution in [-0.2, 0) is 23.9 Å². The van der Waals surface area contributed by atoms with E-state index in [1.165, 1.54) is 43.8 Å². The van der Waals surface area contributed by atoms with Gasteiger partial charge in [-0.1, -0.05) is 83.9 Å². The van der Waals surface area contributed by atoms with Crippen molar-refractivity contribution in [2.75, 3.05) is 0 Å². The van der Waals surface area contributed by atoms with E-state index in [9.17, 15) is 0 Å². The zero-order valence-electron chi connectivity index (χ0n) is 17.9. The standard InChI is InChI=1S/2C15H11.CH2.Hf/c2*1-2-6-12(7-3-1)14-10-4-8-13-9-5-11-15(13)14;;/h2*1-11H;1H2;/q2*-1;;+2. The van der Waals surface area contributed by atoms with Crippen LogP contribution < -0.4 is 0 Å². The summed E-state index contributed by atoms with van der Waals surface area (Å²) in [5.74, 6) is 0. The molecule has 6 rings (SSSR count). The Morgan fingerprint density at radius 3 is 1.25 bits per heavy atom. The van der Waals surface area contributed by atoms with Gasteiger partial charge in [-0.2, -0.15) is 24.3 Å². The van der Waals surface area contributed by atoms with Gasteiger partial charge in [0, 0.05) is 0 Å². The van der Waals surface area contributed by atoms with E-state index in [0.717, 1.165) is 23.9 Å². The van der Waals surface area contributed by atoms with Crippen LogP contribution in [0.25, 0.3) is 43.8 Å². The molecule has 0 atom stereocenters. The molecule has 0 aliphatic heterocycles. The maximum Gasteiger partial charge on any atom is -0.0279 e. The minimum atomic E-state index is 1.06. The molecule has 1 heteroatoms. The first-order chi connectivity index (χ1) is 15.9. The molecule has 0 bridgehead atoms. The smallest absolute Gasteiger partial charge is 0.0279 e. The molecule has 0 amide bonds. The molecule has 0 aromatic heterocycles. The van der Waals surface area contributed by atoms with Crippen LogP contribution in [0.15, 0.2) is 133 Å². The molecule has 0 radical (unpaired) electrons. The van der Waals surface area contributed by atoms with Crippen molar-refractivity contribution in [3.63, 3.8) is 0 Å². The Hall–Kier alpha value is -3.16. The predicted molar refractivity (Wildman–Crippen MR) is 137 cm³/mol. The second-order valence-corrected chi connectivity index (χ2v) is 7.40. The Morgan fingerprint density at radius 1 is 0.438 bits per heavy atom. The third kappa shape index (κ3) is 4.84. The molecule has 0 saturated heterocycles. The Bertz CT molecular complexity index is 1280. The summed E-state index contributed by atoms with van der Waals surface area (Å²) in [6, 6.07) is 46.8. The van der Waals surface area contributed by atoms with Crippen LogP contribution in [0.3, 0.4) is 0 Å². The number of benzene rings is 4. The van der Waals surface area contributed by atoms with Gasteiger partial charge in [0.15, 0.2) is 0 Å². The Kier molecular flexibility index (Phi) is 7.53. The minimum absolute atomic E-state index is 1.06. The Morgan fingerprint density at radius 2 is 0.844 bits per heavy atom. The average Bonchev–Trinajstić information content (AvgIpc) is 3.56. The Balaban J connectivity index is 0.000000142. The molecule has 0 nitrogen and oxygen atoms in total. The predicted octanol–water partition coefficient (Wildman–Crippen LogP) is 8.42. The SMILES string of the molecule is [CH2]=[Hf+2].c1ccc(-c2cccc3[cH-]ccc23)cc1.c1ccc(-c2cccc3[cH-]ccc23)cc1. The summed E-state index contributed by atoms with van der Waals surface area (Å²) in [6.45, 7) is 0. The maximum absolute atomic E-state index is 3.39. The topological polar surface area (TPSA) is 0 Å². The van der Waals surface area contributed by atoms with Gasteiger partial charge in [-0.25, -0.2) is 0 Å². The van der Waals surface area contributed by atoms with Crippen LogP contribution in [0, 0.1) is 0 Å². The van der Waals surface area contributed by atoms with Crippen molar-refractivity contribution < 1.29 is 23.9 Å². The summed E-state index contributed by atoms with van der Waals surface area (Å²) >= 11 is 1.06. The van der Waals surface area contributed by atoms with Crippen molar-refractivity contribution in [3.05, 3.63) is 133 Å². The molecule has 6 aromatic rings. The normalized spacial score (nSPS) is 10.2. The molecule has 6 aromatic carbocycles. The average molecular weight is 575 g/mol. The van der Waals surface area contributed by atoms with Gasteiger partial charge in [0.25, 0.3) is 0 Å². The van der Waals surface area contributed by atoms with E-state index in [1.807, 2.05) is 0 Å². The molecular weight excluding hydrogens is 551 g/mol. The van der Waals surface area contributed by atoms with Crippen LogP contribution in [0.5, 0.6) is 0 Å². The van der Waals surface area contributed by atoms with E-state index >= 15 is 0 Å². The first-order valence-corrected chi connectivity index (χ1v) is 13.2. The summed E-state index contributed by atoms with van der Waals surface area (Å²) in [6.07, 6.45) is 0. The summed E-state index contributed by atoms with van der Waals surface area (Å²) in [4.78, 5) is 0. The fourth-order valence-electron chi connectivity index (χ4n) is 4.06. The third-order valence-corrected chi connectivity index (χ3v) is 5.53. The molecule has 0 fully saturated rings. The number of fused-ring (bicyclic) bond motifs is 2. The van der Waals surface area contributed by atoms with Gasteiger partial charge in [0.05, 0.1) is 0 Å². The summed E-state index contributed by atoms with van der Waals surface area (Å²) < 4.78 is 3.39. The summed E-state index contributed by atoms with van der Waals surface area (Å²) in [5, 5.41) is 5.31. The van der Waals surface area contributed by atoms with Gasteiger partial charge in [-0.3, -0.25) is 0 Å². The molecule has 32 heavy (non-hydrogen) atoms. The molecule has 0 aliphatic carbocycles. The first-order valence-electron chi connectivity index (χ1n) is 10.7. The van der Waals surface area contributed by atoms with Crippen molar-refractivity contribution in [3.8, 4) is 22.3 Å². The van der Waals surface area contributed by atoms with Crippen molar-refractivity contribution >= 4 is 25.8 Å². The molecule has 0 N–H and O–H groups in total. The van der Waals surface area contributed by atoms with Crippen LogP contribution in [0.4, 0.5) is 0 Å². The van der Waals surface area contributed by atoms with E-state index in [-0.39, 0.29) is 0 Å².